The van der Waals surface area contributed by atoms with E-state index in [1.165, 1.54) is 4.90 Å². The highest BCUT2D eigenvalue weighted by atomic mass is 32.2. The molecule has 0 bridgehead atoms. The number of nitrogens with one attached hydrogen (secondary N) is 3. The van der Waals surface area contributed by atoms with Crippen LogP contribution in [0.2, 0.25) is 0 Å². The van der Waals surface area contributed by atoms with Crippen LogP contribution in [0.25, 0.3) is 22.2 Å². The minimum atomic E-state index is -3.94. The van der Waals surface area contributed by atoms with E-state index in [2.05, 4.69) is 34.2 Å². The van der Waals surface area contributed by atoms with Gasteiger partial charge in [0.15, 0.2) is 0 Å². The number of amides is 4. The second-order valence-electron chi connectivity index (χ2n) is 20.0. The maximum atomic E-state index is 15.2. The summed E-state index contributed by atoms with van der Waals surface area (Å²) in [6, 6.07) is 8.78. The number of carbonyl (C=O) groups is 4. The van der Waals surface area contributed by atoms with Gasteiger partial charge in [-0.2, -0.15) is 0 Å². The van der Waals surface area contributed by atoms with E-state index in [0.29, 0.717) is 71.7 Å². The van der Waals surface area contributed by atoms with Gasteiger partial charge in [0.25, 0.3) is 5.91 Å². The van der Waals surface area contributed by atoms with Crippen molar-refractivity contribution in [1.82, 2.24) is 30.2 Å². The average Bonchev–Trinajstić information content (AvgIpc) is 4.24. The highest BCUT2D eigenvalue weighted by Crippen LogP contribution is 2.57. The largest absolute Gasteiger partial charge is 0.497 e. The van der Waals surface area contributed by atoms with Crippen molar-refractivity contribution in [1.29, 1.82) is 0 Å². The van der Waals surface area contributed by atoms with Gasteiger partial charge in [0, 0.05) is 17.7 Å². The molecule has 0 radical (unpaired) electrons. The van der Waals surface area contributed by atoms with Gasteiger partial charge in [-0.05, 0) is 137 Å². The van der Waals surface area contributed by atoms with Crippen molar-refractivity contribution in [2.75, 3.05) is 13.7 Å². The van der Waals surface area contributed by atoms with Gasteiger partial charge in [-0.15, -0.1) is 0 Å². The minimum absolute atomic E-state index is 0.00415. The van der Waals surface area contributed by atoms with Crippen LogP contribution in [-0.4, -0.2) is 102 Å². The Morgan fingerprint density at radius 2 is 1.70 bits per heavy atom. The number of benzene rings is 1. The van der Waals surface area contributed by atoms with Crippen LogP contribution in [0.5, 0.6) is 17.4 Å². The molecule has 2 aliphatic heterocycles. The van der Waals surface area contributed by atoms with Gasteiger partial charge in [0.05, 0.1) is 42.6 Å². The molecule has 6 aliphatic rings. The first kappa shape index (κ1) is 45.7. The predicted molar refractivity (Wildman–Crippen MR) is 245 cm³/mol. The molecule has 17 heteroatoms. The Morgan fingerprint density at radius 3 is 2.39 bits per heavy atom. The van der Waals surface area contributed by atoms with Crippen molar-refractivity contribution >= 4 is 44.6 Å². The number of allylic oxidation sites excluding steroid dienone is 1. The monoisotopic (exact) mass is 926 g/mol. The van der Waals surface area contributed by atoms with Crippen molar-refractivity contribution in [3.63, 3.8) is 0 Å². The Labute approximate surface area is 386 Å². The third-order valence-electron chi connectivity index (χ3n) is 14.6. The first-order valence-corrected chi connectivity index (χ1v) is 25.2. The minimum Gasteiger partial charge on any atom is -0.497 e. The summed E-state index contributed by atoms with van der Waals surface area (Å²) in [4.78, 5) is 68.7. The molecule has 9 atom stereocenters. The molecule has 4 saturated carbocycles. The van der Waals surface area contributed by atoms with E-state index in [0.717, 1.165) is 24.6 Å². The van der Waals surface area contributed by atoms with Gasteiger partial charge in [-0.1, -0.05) is 32.9 Å². The number of ether oxygens (including phenoxy) is 4. The van der Waals surface area contributed by atoms with Crippen LogP contribution in [0, 0.1) is 35.5 Å². The molecule has 2 aromatic heterocycles. The summed E-state index contributed by atoms with van der Waals surface area (Å²) >= 11 is 0. The molecule has 354 valence electrons. The lowest BCUT2D eigenvalue weighted by molar-refractivity contribution is -0.142. The highest BCUT2D eigenvalue weighted by Gasteiger charge is 2.62. The van der Waals surface area contributed by atoms with Gasteiger partial charge >= 0.3 is 6.09 Å². The third kappa shape index (κ3) is 9.54. The van der Waals surface area contributed by atoms with Gasteiger partial charge in [-0.3, -0.25) is 24.1 Å². The van der Waals surface area contributed by atoms with E-state index in [4.69, 9.17) is 23.9 Å². The second kappa shape index (κ2) is 18.0. The summed E-state index contributed by atoms with van der Waals surface area (Å²) in [7, 11) is -2.35. The molecule has 3 aromatic rings. The lowest BCUT2D eigenvalue weighted by Gasteiger charge is -2.33. The first-order valence-electron chi connectivity index (χ1n) is 23.6. The number of rotatable bonds is 11. The maximum absolute atomic E-state index is 15.2. The van der Waals surface area contributed by atoms with Crippen LogP contribution in [0.15, 0.2) is 54.7 Å². The van der Waals surface area contributed by atoms with Crippen molar-refractivity contribution in [2.24, 2.45) is 35.5 Å². The molecule has 16 nitrogen and oxygen atoms in total. The number of methoxy groups -OCH3 is 1. The molecule has 4 aliphatic carbocycles. The summed E-state index contributed by atoms with van der Waals surface area (Å²) in [5.41, 5.74) is -0.482. The Morgan fingerprint density at radius 1 is 0.939 bits per heavy atom. The standard InChI is InChI=1S/C49H62N6O10S/c1-26(2)63-33-12-16-40(50-24-33)41-19-30-18-32(62-6)11-15-37(30)45(51-41)64-35-22-42-44(56)53-49(47(58)54-66(60,61)36-13-14-36)23-31(49)10-8-7-9-27(3)17-28(4)43(46(57)55(42)25-35)52-48(59)65-34-20-38-29(5)39(38)21-34/h8,10-12,15-16,18-19,24,26-29,31,34-36,38-39,42-43H,7,9,13-14,17,20-23,25H2,1-6H3,(H,52,59)(H,53,56)(H,54,58)/b10-8-/t27-,28+,29?,31+,34?,35+,38?,39?,42-,43-,49+/m0/s1. The average molecular weight is 927 g/mol. The molecular weight excluding hydrogens is 865 g/mol. The third-order valence-corrected chi connectivity index (χ3v) is 16.5. The molecule has 2 unspecified atom stereocenters. The number of carbonyl (C=O) groups excluding carboxylic acids is 4. The lowest BCUT2D eigenvalue weighted by Crippen LogP contribution is -2.59. The fourth-order valence-corrected chi connectivity index (χ4v) is 12.0. The van der Waals surface area contributed by atoms with E-state index < -0.39 is 68.7 Å². The van der Waals surface area contributed by atoms with Crippen LogP contribution < -0.4 is 29.6 Å². The molecule has 5 fully saturated rings. The molecule has 9 rings (SSSR count). The summed E-state index contributed by atoms with van der Waals surface area (Å²) < 4.78 is 52.5. The summed E-state index contributed by atoms with van der Waals surface area (Å²) in [6.45, 7) is 10.1. The van der Waals surface area contributed by atoms with Crippen LogP contribution in [0.4, 0.5) is 4.79 Å². The Balaban J connectivity index is 1.04. The maximum Gasteiger partial charge on any atom is 0.408 e. The molecule has 3 N–H and O–H groups in total. The van der Waals surface area contributed by atoms with Crippen LogP contribution in [-0.2, 0) is 29.1 Å². The van der Waals surface area contributed by atoms with E-state index in [9.17, 15) is 22.8 Å². The molecule has 1 aromatic carbocycles. The van der Waals surface area contributed by atoms with Gasteiger partial charge < -0.3 is 34.5 Å². The van der Waals surface area contributed by atoms with Gasteiger partial charge in [0.1, 0.15) is 41.3 Å². The zero-order valence-corrected chi connectivity index (χ0v) is 39.3. The molecule has 0 spiro atoms. The predicted octanol–water partition coefficient (Wildman–Crippen LogP) is 6.08. The first-order chi connectivity index (χ1) is 31.5. The topological polar surface area (TPSA) is 204 Å². The highest BCUT2D eigenvalue weighted by molar-refractivity contribution is 7.91. The van der Waals surface area contributed by atoms with Crippen molar-refractivity contribution in [2.45, 2.75) is 134 Å². The molecular formula is C49H62N6O10S. The van der Waals surface area contributed by atoms with Gasteiger partial charge in [-0.25, -0.2) is 18.2 Å². The molecule has 1 saturated heterocycles. The number of fused-ring (bicyclic) bond motifs is 4. The Kier molecular flexibility index (Phi) is 12.4. The van der Waals surface area contributed by atoms with Crippen LogP contribution >= 0.6 is 0 Å². The normalized spacial score (nSPS) is 32.4. The quantitative estimate of drug-likeness (QED) is 0.188. The van der Waals surface area contributed by atoms with Crippen molar-refractivity contribution < 1.29 is 46.5 Å². The Hall–Kier alpha value is -5.45. The van der Waals surface area contributed by atoms with Crippen LogP contribution in [0.1, 0.15) is 92.4 Å². The molecule has 4 heterocycles. The summed E-state index contributed by atoms with van der Waals surface area (Å²) in [5, 5.41) is 6.64. The van der Waals surface area contributed by atoms with E-state index in [-0.39, 0.29) is 49.3 Å². The number of hydrogen-bond donors (Lipinski definition) is 3. The zero-order valence-electron chi connectivity index (χ0n) is 38.5. The van der Waals surface area contributed by atoms with Crippen molar-refractivity contribution in [3.05, 3.63) is 54.7 Å². The molecule has 66 heavy (non-hydrogen) atoms. The Bertz CT molecular complexity index is 2500. The van der Waals surface area contributed by atoms with Gasteiger partial charge in [0.2, 0.25) is 27.7 Å². The fourth-order valence-electron chi connectivity index (χ4n) is 10.6. The number of sulfonamides is 1. The zero-order chi connectivity index (χ0) is 46.7. The second-order valence-corrected chi connectivity index (χ2v) is 22.0. The molecule has 4 amide bonds. The number of pyridine rings is 2. The SMILES string of the molecule is COc1ccc2c(O[C@@H]3C[C@H]4C(=O)N[C@]5(C(=O)NS(=O)(=O)C6CC6)C[C@H]5/C=C\CC[C@H](C)C[C@@H](C)[C@H](NC(=O)OC5CC6C(C)C6C5)C(=O)N4C3)nc(-c3ccc(OC(C)C)cn3)cc2c1. The number of nitrogens with zero attached hydrogens (tertiary/aromatic N) is 3. The number of hydrogen-bond acceptors (Lipinski definition) is 12. The lowest BCUT2D eigenvalue weighted by atomic mass is 9.88. The fraction of sp³-hybridized carbons (Fsp3) is 0.592. The number of alkyl carbamates (subject to hydrolysis) is 1. The van der Waals surface area contributed by atoms with E-state index >= 15 is 4.79 Å². The van der Waals surface area contributed by atoms with Crippen LogP contribution in [0.3, 0.4) is 0 Å². The van der Waals surface area contributed by atoms with E-state index in [1.54, 1.807) is 19.4 Å². The smallest absolute Gasteiger partial charge is 0.408 e. The summed E-state index contributed by atoms with van der Waals surface area (Å²) in [6.07, 6.45) is 8.53. The number of aromatic nitrogens is 2. The summed E-state index contributed by atoms with van der Waals surface area (Å²) in [5.74, 6) is 0.621. The van der Waals surface area contributed by atoms with E-state index in [1.807, 2.05) is 63.3 Å². The van der Waals surface area contributed by atoms with Crippen molar-refractivity contribution in [3.8, 4) is 28.8 Å².